The second-order valence-corrected chi connectivity index (χ2v) is 2.66. The maximum absolute atomic E-state index is 11.4. The number of carbonyl (C=O) groups excluding carboxylic acids is 1. The molecule has 6 heteroatoms. The van der Waals surface area contributed by atoms with Crippen LogP contribution in [-0.4, -0.2) is 21.3 Å². The standard InChI is InChI=1S/C8H8N4O2/c13-8(6-3-10-11-4-6)9-5-7-1-2-14-12-7/h1-4H,5H2,(H,9,13)(H,10,11). The third kappa shape index (κ3) is 1.79. The van der Waals surface area contributed by atoms with Gasteiger partial charge in [-0.3, -0.25) is 9.89 Å². The first-order chi connectivity index (χ1) is 6.86. The molecular formula is C8H8N4O2. The molecule has 2 aromatic rings. The Labute approximate surface area is 79.3 Å². The molecule has 14 heavy (non-hydrogen) atoms. The molecule has 2 rings (SSSR count). The fraction of sp³-hybridized carbons (Fsp3) is 0.125. The monoisotopic (exact) mass is 192 g/mol. The second kappa shape index (κ2) is 3.73. The predicted octanol–water partition coefficient (Wildman–Crippen LogP) is 0.328. The summed E-state index contributed by atoms with van der Waals surface area (Å²) in [5.41, 5.74) is 1.18. The lowest BCUT2D eigenvalue weighted by atomic mass is 10.3. The van der Waals surface area contributed by atoms with Crippen LogP contribution in [0.15, 0.2) is 29.2 Å². The third-order valence-corrected chi connectivity index (χ3v) is 1.68. The highest BCUT2D eigenvalue weighted by Gasteiger charge is 2.06. The van der Waals surface area contributed by atoms with Crippen LogP contribution in [-0.2, 0) is 6.54 Å². The zero-order valence-electron chi connectivity index (χ0n) is 7.23. The summed E-state index contributed by atoms with van der Waals surface area (Å²) in [4.78, 5) is 11.4. The van der Waals surface area contributed by atoms with Crippen LogP contribution in [0, 0.1) is 0 Å². The van der Waals surface area contributed by atoms with Crippen molar-refractivity contribution in [3.8, 4) is 0 Å². The van der Waals surface area contributed by atoms with Crippen molar-refractivity contribution in [2.45, 2.75) is 6.54 Å². The molecule has 0 spiro atoms. The quantitative estimate of drug-likeness (QED) is 0.733. The number of nitrogens with one attached hydrogen (secondary N) is 2. The van der Waals surface area contributed by atoms with Gasteiger partial charge in [0.1, 0.15) is 12.0 Å². The van der Waals surface area contributed by atoms with Crippen molar-refractivity contribution in [1.82, 2.24) is 20.7 Å². The average Bonchev–Trinajstić information content (AvgIpc) is 2.87. The molecule has 1 amide bonds. The molecule has 0 aromatic carbocycles. The van der Waals surface area contributed by atoms with Crippen LogP contribution >= 0.6 is 0 Å². The second-order valence-electron chi connectivity index (χ2n) is 2.66. The molecule has 0 atom stereocenters. The largest absolute Gasteiger partial charge is 0.364 e. The van der Waals surface area contributed by atoms with Gasteiger partial charge in [0.05, 0.1) is 18.3 Å². The molecular weight excluding hydrogens is 184 g/mol. The minimum absolute atomic E-state index is 0.193. The summed E-state index contributed by atoms with van der Waals surface area (Å²) in [6.07, 6.45) is 4.44. The maximum atomic E-state index is 11.4. The lowest BCUT2D eigenvalue weighted by Crippen LogP contribution is -2.22. The normalized spacial score (nSPS) is 10.0. The highest BCUT2D eigenvalue weighted by atomic mass is 16.5. The van der Waals surface area contributed by atoms with Crippen molar-refractivity contribution < 1.29 is 9.32 Å². The van der Waals surface area contributed by atoms with E-state index in [1.807, 2.05) is 0 Å². The lowest BCUT2D eigenvalue weighted by Gasteiger charge is -1.98. The number of rotatable bonds is 3. The third-order valence-electron chi connectivity index (χ3n) is 1.68. The molecule has 6 nitrogen and oxygen atoms in total. The highest BCUT2D eigenvalue weighted by molar-refractivity contribution is 5.93. The van der Waals surface area contributed by atoms with Gasteiger partial charge in [0.2, 0.25) is 0 Å². The number of amides is 1. The molecule has 0 saturated heterocycles. The number of H-pyrrole nitrogens is 1. The Morgan fingerprint density at radius 2 is 2.57 bits per heavy atom. The Morgan fingerprint density at radius 1 is 1.64 bits per heavy atom. The van der Waals surface area contributed by atoms with Crippen LogP contribution < -0.4 is 5.32 Å². The first-order valence-corrected chi connectivity index (χ1v) is 4.02. The molecule has 2 heterocycles. The molecule has 0 bridgehead atoms. The Bertz CT molecular complexity index is 393. The first kappa shape index (κ1) is 8.49. The minimum Gasteiger partial charge on any atom is -0.364 e. The first-order valence-electron chi connectivity index (χ1n) is 4.02. The summed E-state index contributed by atoms with van der Waals surface area (Å²) in [6, 6.07) is 1.69. The predicted molar refractivity (Wildman–Crippen MR) is 46.3 cm³/mol. The number of hydrogen-bond donors (Lipinski definition) is 2. The van der Waals surface area contributed by atoms with Gasteiger partial charge in [-0.1, -0.05) is 5.16 Å². The number of hydrogen-bond acceptors (Lipinski definition) is 4. The van der Waals surface area contributed by atoms with Gasteiger partial charge in [-0.2, -0.15) is 5.10 Å². The van der Waals surface area contributed by atoms with Crippen LogP contribution in [0.5, 0.6) is 0 Å². The lowest BCUT2D eigenvalue weighted by molar-refractivity contribution is 0.0950. The zero-order chi connectivity index (χ0) is 9.80. The van der Waals surface area contributed by atoms with Crippen molar-refractivity contribution in [2.24, 2.45) is 0 Å². The van der Waals surface area contributed by atoms with E-state index in [2.05, 4.69) is 25.2 Å². The van der Waals surface area contributed by atoms with E-state index in [0.717, 1.165) is 0 Å². The molecule has 0 aliphatic rings. The van der Waals surface area contributed by atoms with Gasteiger partial charge in [-0.15, -0.1) is 0 Å². The summed E-state index contributed by atoms with van der Waals surface area (Å²) >= 11 is 0. The van der Waals surface area contributed by atoms with E-state index in [9.17, 15) is 4.79 Å². The van der Waals surface area contributed by atoms with E-state index in [1.54, 1.807) is 6.07 Å². The molecule has 0 aliphatic carbocycles. The zero-order valence-corrected chi connectivity index (χ0v) is 7.23. The molecule has 72 valence electrons. The molecule has 0 aliphatic heterocycles. The van der Waals surface area contributed by atoms with Gasteiger partial charge in [-0.25, -0.2) is 0 Å². The molecule has 2 N–H and O–H groups in total. The van der Waals surface area contributed by atoms with Gasteiger partial charge < -0.3 is 9.84 Å². The fourth-order valence-electron chi connectivity index (χ4n) is 0.977. The number of nitrogens with zero attached hydrogens (tertiary/aromatic N) is 2. The summed E-state index contributed by atoms with van der Waals surface area (Å²) in [5.74, 6) is -0.193. The maximum Gasteiger partial charge on any atom is 0.254 e. The van der Waals surface area contributed by atoms with Crippen molar-refractivity contribution in [2.75, 3.05) is 0 Å². The SMILES string of the molecule is O=C(NCc1ccon1)c1cn[nH]c1. The van der Waals surface area contributed by atoms with Crippen molar-refractivity contribution in [3.05, 3.63) is 36.0 Å². The summed E-state index contributed by atoms with van der Waals surface area (Å²) in [6.45, 7) is 0.348. The van der Waals surface area contributed by atoms with Gasteiger partial charge in [0.25, 0.3) is 5.91 Å². The van der Waals surface area contributed by atoms with Crippen molar-refractivity contribution in [1.29, 1.82) is 0 Å². The molecule has 0 radical (unpaired) electrons. The molecule has 0 saturated carbocycles. The summed E-state index contributed by atoms with van der Waals surface area (Å²) < 4.78 is 4.62. The Kier molecular flexibility index (Phi) is 2.26. The summed E-state index contributed by atoms with van der Waals surface area (Å²) in [7, 11) is 0. The topological polar surface area (TPSA) is 83.8 Å². The number of aromatic nitrogens is 3. The van der Waals surface area contributed by atoms with Crippen LogP contribution in [0.3, 0.4) is 0 Å². The average molecular weight is 192 g/mol. The van der Waals surface area contributed by atoms with Crippen molar-refractivity contribution in [3.63, 3.8) is 0 Å². The molecule has 2 aromatic heterocycles. The van der Waals surface area contributed by atoms with Crippen LogP contribution in [0.1, 0.15) is 16.1 Å². The van der Waals surface area contributed by atoms with Gasteiger partial charge >= 0.3 is 0 Å². The minimum atomic E-state index is -0.193. The number of carbonyl (C=O) groups is 1. The Morgan fingerprint density at radius 3 is 3.21 bits per heavy atom. The van der Waals surface area contributed by atoms with Crippen LogP contribution in [0.25, 0.3) is 0 Å². The Hall–Kier alpha value is -2.11. The van der Waals surface area contributed by atoms with E-state index in [-0.39, 0.29) is 5.91 Å². The van der Waals surface area contributed by atoms with Crippen LogP contribution in [0.2, 0.25) is 0 Å². The smallest absolute Gasteiger partial charge is 0.254 e. The Balaban J connectivity index is 1.90. The van der Waals surface area contributed by atoms with Crippen molar-refractivity contribution >= 4 is 5.91 Å². The fourth-order valence-corrected chi connectivity index (χ4v) is 0.977. The highest BCUT2D eigenvalue weighted by Crippen LogP contribution is 1.96. The van der Waals surface area contributed by atoms with Gasteiger partial charge in [0.15, 0.2) is 0 Å². The van der Waals surface area contributed by atoms with Gasteiger partial charge in [-0.05, 0) is 0 Å². The van der Waals surface area contributed by atoms with E-state index < -0.39 is 0 Å². The summed E-state index contributed by atoms with van der Waals surface area (Å²) in [5, 5.41) is 12.5. The van der Waals surface area contributed by atoms with E-state index >= 15 is 0 Å². The van der Waals surface area contributed by atoms with E-state index in [4.69, 9.17) is 0 Å². The van der Waals surface area contributed by atoms with Gasteiger partial charge in [0, 0.05) is 12.3 Å². The van der Waals surface area contributed by atoms with E-state index in [0.29, 0.717) is 17.8 Å². The number of aromatic amines is 1. The molecule has 0 fully saturated rings. The molecule has 0 unspecified atom stereocenters. The van der Waals surface area contributed by atoms with E-state index in [1.165, 1.54) is 18.7 Å². The van der Waals surface area contributed by atoms with Crippen LogP contribution in [0.4, 0.5) is 0 Å².